The van der Waals surface area contributed by atoms with Gasteiger partial charge in [0.05, 0.1) is 18.1 Å². The van der Waals surface area contributed by atoms with Crippen LogP contribution in [0.4, 0.5) is 0 Å². The summed E-state index contributed by atoms with van der Waals surface area (Å²) >= 11 is 0. The summed E-state index contributed by atoms with van der Waals surface area (Å²) in [5, 5.41) is 18.9. The average molecular weight is 200 g/mol. The molecule has 2 rings (SSSR count). The third kappa shape index (κ3) is 1.33. The van der Waals surface area contributed by atoms with E-state index < -0.39 is 11.5 Å². The first-order chi connectivity index (χ1) is 6.69. The van der Waals surface area contributed by atoms with Crippen molar-refractivity contribution >= 4 is 5.97 Å². The molecule has 0 radical (unpaired) electrons. The molecule has 0 amide bonds. The minimum atomic E-state index is -0.647. The zero-order valence-electron chi connectivity index (χ0n) is 8.11. The number of cyclic esters (lactones) is 1. The van der Waals surface area contributed by atoms with Gasteiger partial charge in [0.1, 0.15) is 0 Å². The predicted octanol–water partition coefficient (Wildman–Crippen LogP) is 0.0730. The lowest BCUT2D eigenvalue weighted by Gasteiger charge is -2.37. The van der Waals surface area contributed by atoms with Crippen LogP contribution in [0.1, 0.15) is 25.7 Å². The van der Waals surface area contributed by atoms with Gasteiger partial charge in [-0.25, -0.2) is 0 Å². The molecule has 3 unspecified atom stereocenters. The Morgan fingerprint density at radius 1 is 1.50 bits per heavy atom. The molecule has 2 fully saturated rings. The van der Waals surface area contributed by atoms with E-state index in [0.717, 1.165) is 6.42 Å². The molecular weight excluding hydrogens is 184 g/mol. The van der Waals surface area contributed by atoms with Crippen molar-refractivity contribution in [2.45, 2.75) is 31.8 Å². The van der Waals surface area contributed by atoms with E-state index in [1.807, 2.05) is 0 Å². The van der Waals surface area contributed by atoms with Gasteiger partial charge in [0.25, 0.3) is 0 Å². The number of aliphatic hydroxyl groups excluding tert-OH is 2. The van der Waals surface area contributed by atoms with E-state index >= 15 is 0 Å². The second kappa shape index (κ2) is 3.51. The van der Waals surface area contributed by atoms with Crippen LogP contribution in [-0.4, -0.2) is 35.5 Å². The highest BCUT2D eigenvalue weighted by molar-refractivity contribution is 5.79. The molecule has 0 aromatic carbocycles. The molecule has 14 heavy (non-hydrogen) atoms. The SMILES string of the molecule is O=C1OCCC12CCC(CO)CC2O. The Balaban J connectivity index is 2.11. The van der Waals surface area contributed by atoms with Crippen LogP contribution < -0.4 is 0 Å². The number of hydrogen-bond acceptors (Lipinski definition) is 4. The molecule has 1 heterocycles. The topological polar surface area (TPSA) is 66.8 Å². The smallest absolute Gasteiger partial charge is 0.314 e. The molecule has 0 bridgehead atoms. The quantitative estimate of drug-likeness (QED) is 0.588. The molecule has 2 aliphatic rings. The van der Waals surface area contributed by atoms with Gasteiger partial charge < -0.3 is 14.9 Å². The maximum Gasteiger partial charge on any atom is 0.314 e. The van der Waals surface area contributed by atoms with E-state index in [9.17, 15) is 9.90 Å². The summed E-state index contributed by atoms with van der Waals surface area (Å²) in [7, 11) is 0. The van der Waals surface area contributed by atoms with Crippen molar-refractivity contribution in [1.82, 2.24) is 0 Å². The van der Waals surface area contributed by atoms with Crippen molar-refractivity contribution in [2.24, 2.45) is 11.3 Å². The molecule has 0 aromatic rings. The molecule has 1 aliphatic heterocycles. The largest absolute Gasteiger partial charge is 0.465 e. The molecule has 1 saturated heterocycles. The van der Waals surface area contributed by atoms with E-state index in [2.05, 4.69) is 0 Å². The number of aliphatic hydroxyl groups is 2. The van der Waals surface area contributed by atoms with Crippen LogP contribution >= 0.6 is 0 Å². The molecule has 3 atom stereocenters. The summed E-state index contributed by atoms with van der Waals surface area (Å²) in [5.41, 5.74) is -0.647. The fraction of sp³-hybridized carbons (Fsp3) is 0.900. The minimum absolute atomic E-state index is 0.0994. The number of ether oxygens (including phenoxy) is 1. The Morgan fingerprint density at radius 3 is 2.79 bits per heavy atom. The highest BCUT2D eigenvalue weighted by Crippen LogP contribution is 2.45. The first kappa shape index (κ1) is 9.93. The lowest BCUT2D eigenvalue weighted by molar-refractivity contribution is -0.156. The van der Waals surface area contributed by atoms with Crippen molar-refractivity contribution in [3.63, 3.8) is 0 Å². The van der Waals surface area contributed by atoms with E-state index in [4.69, 9.17) is 9.84 Å². The van der Waals surface area contributed by atoms with E-state index in [-0.39, 0.29) is 18.5 Å². The summed E-state index contributed by atoms with van der Waals surface area (Å²) in [6.07, 6.45) is 1.97. The number of rotatable bonds is 1. The van der Waals surface area contributed by atoms with Crippen LogP contribution in [0, 0.1) is 11.3 Å². The number of hydrogen-bond donors (Lipinski definition) is 2. The fourth-order valence-electron chi connectivity index (χ4n) is 2.55. The van der Waals surface area contributed by atoms with Gasteiger partial charge in [-0.2, -0.15) is 0 Å². The van der Waals surface area contributed by atoms with E-state index in [1.54, 1.807) is 0 Å². The Labute approximate surface area is 82.9 Å². The summed E-state index contributed by atoms with van der Waals surface area (Å²) in [5.74, 6) is -0.106. The molecule has 0 aromatic heterocycles. The zero-order chi connectivity index (χ0) is 10.2. The van der Waals surface area contributed by atoms with Gasteiger partial charge >= 0.3 is 5.97 Å². The van der Waals surface area contributed by atoms with E-state index in [1.165, 1.54) is 0 Å². The standard InChI is InChI=1S/C10H16O4/c11-6-7-1-2-10(8(12)5-7)3-4-14-9(10)13/h7-8,11-12H,1-6H2. The summed E-state index contributed by atoms with van der Waals surface area (Å²) < 4.78 is 4.92. The van der Waals surface area contributed by atoms with E-state index in [0.29, 0.717) is 25.9 Å². The minimum Gasteiger partial charge on any atom is -0.465 e. The van der Waals surface area contributed by atoms with Gasteiger partial charge in [0, 0.05) is 13.0 Å². The van der Waals surface area contributed by atoms with Crippen LogP contribution in [-0.2, 0) is 9.53 Å². The first-order valence-corrected chi connectivity index (χ1v) is 5.15. The third-order valence-electron chi connectivity index (χ3n) is 3.64. The van der Waals surface area contributed by atoms with Crippen LogP contribution in [0.5, 0.6) is 0 Å². The predicted molar refractivity (Wildman–Crippen MR) is 48.4 cm³/mol. The molecule has 1 aliphatic carbocycles. The van der Waals surface area contributed by atoms with Crippen LogP contribution in [0.3, 0.4) is 0 Å². The zero-order valence-corrected chi connectivity index (χ0v) is 8.11. The molecule has 2 N–H and O–H groups in total. The second-order valence-electron chi connectivity index (χ2n) is 4.38. The molecule has 4 nitrogen and oxygen atoms in total. The van der Waals surface area contributed by atoms with Crippen molar-refractivity contribution in [1.29, 1.82) is 0 Å². The summed E-state index contributed by atoms with van der Waals surface area (Å²) in [4.78, 5) is 11.5. The molecule has 1 spiro atoms. The third-order valence-corrected chi connectivity index (χ3v) is 3.64. The molecular formula is C10H16O4. The summed E-state index contributed by atoms with van der Waals surface area (Å²) in [6.45, 7) is 0.530. The van der Waals surface area contributed by atoms with Crippen LogP contribution in [0.25, 0.3) is 0 Å². The Bertz CT molecular complexity index is 240. The second-order valence-corrected chi connectivity index (χ2v) is 4.38. The average Bonchev–Trinajstić information content (AvgIpc) is 2.54. The van der Waals surface area contributed by atoms with Gasteiger partial charge in [-0.05, 0) is 25.2 Å². The normalized spacial score (nSPS) is 42.9. The molecule has 4 heteroatoms. The Kier molecular flexibility index (Phi) is 2.49. The highest BCUT2D eigenvalue weighted by atomic mass is 16.5. The van der Waals surface area contributed by atoms with Gasteiger partial charge in [0.2, 0.25) is 0 Å². The first-order valence-electron chi connectivity index (χ1n) is 5.15. The van der Waals surface area contributed by atoms with Crippen LogP contribution in [0.15, 0.2) is 0 Å². The van der Waals surface area contributed by atoms with Crippen LogP contribution in [0.2, 0.25) is 0 Å². The van der Waals surface area contributed by atoms with Crippen molar-refractivity contribution < 1.29 is 19.7 Å². The monoisotopic (exact) mass is 200 g/mol. The lowest BCUT2D eigenvalue weighted by Crippen LogP contribution is -2.44. The van der Waals surface area contributed by atoms with Gasteiger partial charge in [-0.15, -0.1) is 0 Å². The maximum atomic E-state index is 11.5. The number of esters is 1. The lowest BCUT2D eigenvalue weighted by atomic mass is 9.68. The molecule has 80 valence electrons. The van der Waals surface area contributed by atoms with Crippen molar-refractivity contribution in [3.8, 4) is 0 Å². The van der Waals surface area contributed by atoms with Gasteiger partial charge in [-0.3, -0.25) is 4.79 Å². The Hall–Kier alpha value is -0.610. The summed E-state index contributed by atoms with van der Waals surface area (Å²) in [6, 6.07) is 0. The highest BCUT2D eigenvalue weighted by Gasteiger charge is 2.52. The Morgan fingerprint density at radius 2 is 2.29 bits per heavy atom. The van der Waals surface area contributed by atoms with Gasteiger partial charge in [0.15, 0.2) is 0 Å². The fourth-order valence-corrected chi connectivity index (χ4v) is 2.55. The van der Waals surface area contributed by atoms with Crippen molar-refractivity contribution in [3.05, 3.63) is 0 Å². The maximum absolute atomic E-state index is 11.5. The number of carbonyl (C=O) groups is 1. The molecule has 1 saturated carbocycles. The number of carbonyl (C=O) groups excluding carboxylic acids is 1. The van der Waals surface area contributed by atoms with Gasteiger partial charge in [-0.1, -0.05) is 0 Å². The van der Waals surface area contributed by atoms with Crippen molar-refractivity contribution in [2.75, 3.05) is 13.2 Å².